The van der Waals surface area contributed by atoms with Crippen molar-refractivity contribution in [1.82, 2.24) is 0 Å². The zero-order valence-corrected chi connectivity index (χ0v) is 41.1. The highest BCUT2D eigenvalue weighted by molar-refractivity contribution is 5.75. The summed E-state index contributed by atoms with van der Waals surface area (Å²) in [6.07, 6.45) is 28.4. The van der Waals surface area contributed by atoms with Gasteiger partial charge in [-0.2, -0.15) is 0 Å². The van der Waals surface area contributed by atoms with Crippen LogP contribution in [0.4, 0.5) is 0 Å². The van der Waals surface area contributed by atoms with Crippen molar-refractivity contribution in [2.24, 2.45) is 0 Å². The highest BCUT2D eigenvalue weighted by Crippen LogP contribution is 2.32. The highest BCUT2D eigenvalue weighted by atomic mass is 16.5. The van der Waals surface area contributed by atoms with E-state index in [9.17, 15) is 0 Å². The Kier molecular flexibility index (Phi) is 23.0. The number of benzene rings is 6. The summed E-state index contributed by atoms with van der Waals surface area (Å²) in [5.41, 5.74) is 11.7. The van der Waals surface area contributed by atoms with E-state index < -0.39 is 0 Å². The van der Waals surface area contributed by atoms with Crippen molar-refractivity contribution in [2.45, 2.75) is 98.8 Å². The fourth-order valence-electron chi connectivity index (χ4n) is 7.70. The lowest BCUT2D eigenvalue weighted by Crippen LogP contribution is -2.04. The Morgan fingerprint density at radius 3 is 1.22 bits per heavy atom. The minimum atomic E-state index is 0.671. The van der Waals surface area contributed by atoms with E-state index in [4.69, 9.17) is 18.9 Å². The predicted molar refractivity (Wildman–Crippen MR) is 288 cm³/mol. The maximum atomic E-state index is 6.30. The molecule has 0 atom stereocenters. The predicted octanol–water partition coefficient (Wildman–Crippen LogP) is 17.2. The summed E-state index contributed by atoms with van der Waals surface area (Å²) in [7, 11) is 1.71. The van der Waals surface area contributed by atoms with Gasteiger partial charge >= 0.3 is 0 Å². The van der Waals surface area contributed by atoms with Crippen LogP contribution >= 0.6 is 0 Å². The van der Waals surface area contributed by atoms with Crippen molar-refractivity contribution in [1.29, 1.82) is 0 Å². The molecule has 0 saturated carbocycles. The molecule has 0 aliphatic carbocycles. The normalized spacial score (nSPS) is 11.4. The zero-order valence-electron chi connectivity index (χ0n) is 41.1. The largest absolute Gasteiger partial charge is 0.496 e. The van der Waals surface area contributed by atoms with Crippen LogP contribution in [0, 0.1) is 13.8 Å². The molecular formula is C63H74O4. The van der Waals surface area contributed by atoms with Gasteiger partial charge < -0.3 is 18.9 Å². The van der Waals surface area contributed by atoms with Gasteiger partial charge in [0.05, 0.1) is 26.9 Å². The molecule has 0 saturated heterocycles. The van der Waals surface area contributed by atoms with Gasteiger partial charge in [0.15, 0.2) is 0 Å². The average Bonchev–Trinajstić information content (AvgIpc) is 3.35. The summed E-state index contributed by atoms with van der Waals surface area (Å²) in [5, 5.41) is 0. The molecule has 350 valence electrons. The molecule has 0 fully saturated rings. The minimum absolute atomic E-state index is 0.671. The molecule has 0 radical (unpaired) electrons. The molecule has 6 aromatic rings. The van der Waals surface area contributed by atoms with Gasteiger partial charge in [-0.15, -0.1) is 0 Å². The van der Waals surface area contributed by atoms with Crippen LogP contribution in [0.1, 0.15) is 128 Å². The number of methoxy groups -OCH3 is 1. The van der Waals surface area contributed by atoms with Gasteiger partial charge in [0.1, 0.15) is 23.0 Å². The molecule has 0 aliphatic heterocycles. The molecule has 0 aliphatic rings. The summed E-state index contributed by atoms with van der Waals surface area (Å²) in [4.78, 5) is 0. The van der Waals surface area contributed by atoms with Crippen LogP contribution in [0.2, 0.25) is 0 Å². The van der Waals surface area contributed by atoms with E-state index in [0.29, 0.717) is 13.2 Å². The Labute approximate surface area is 403 Å². The SMILES string of the molecule is CC=Cc1ccc(C=Cc2cc(OC)c(C)cc2OCCCCCCCC)cc1.CC=Cc1ccc(C=Cc2cc(OCCCc3ccccc3)c(C)cc2OCCCc2ccccc2)cc1. The summed E-state index contributed by atoms with van der Waals surface area (Å²) in [6, 6.07) is 46.6. The molecule has 4 nitrogen and oxygen atoms in total. The van der Waals surface area contributed by atoms with Crippen molar-refractivity contribution < 1.29 is 18.9 Å². The van der Waals surface area contributed by atoms with Crippen LogP contribution in [-0.4, -0.2) is 26.9 Å². The monoisotopic (exact) mass is 895 g/mol. The van der Waals surface area contributed by atoms with Crippen molar-refractivity contribution in [3.8, 4) is 23.0 Å². The van der Waals surface area contributed by atoms with Crippen LogP contribution in [0.25, 0.3) is 36.5 Å². The van der Waals surface area contributed by atoms with Crippen LogP contribution in [0.15, 0.2) is 146 Å². The molecule has 0 aromatic heterocycles. The van der Waals surface area contributed by atoms with Gasteiger partial charge in [0, 0.05) is 11.1 Å². The van der Waals surface area contributed by atoms with Gasteiger partial charge in [-0.3, -0.25) is 0 Å². The summed E-state index contributed by atoms with van der Waals surface area (Å²) < 4.78 is 24.2. The first kappa shape index (κ1) is 51.5. The molecule has 67 heavy (non-hydrogen) atoms. The van der Waals surface area contributed by atoms with Crippen LogP contribution in [0.5, 0.6) is 23.0 Å². The Bertz CT molecular complexity index is 2420. The van der Waals surface area contributed by atoms with E-state index in [1.807, 2.05) is 13.8 Å². The van der Waals surface area contributed by atoms with Crippen LogP contribution < -0.4 is 18.9 Å². The maximum absolute atomic E-state index is 6.30. The third-order valence-electron chi connectivity index (χ3n) is 11.5. The first-order valence-corrected chi connectivity index (χ1v) is 24.5. The van der Waals surface area contributed by atoms with Crippen molar-refractivity contribution in [3.05, 3.63) is 201 Å². The fraction of sp³-hybridized carbons (Fsp3) is 0.302. The van der Waals surface area contributed by atoms with Crippen molar-refractivity contribution in [2.75, 3.05) is 26.9 Å². The van der Waals surface area contributed by atoms with Crippen LogP contribution in [0.3, 0.4) is 0 Å². The van der Waals surface area contributed by atoms with E-state index in [-0.39, 0.29) is 0 Å². The third-order valence-corrected chi connectivity index (χ3v) is 11.5. The number of unbranched alkanes of at least 4 members (excludes halogenated alkanes) is 5. The lowest BCUT2D eigenvalue weighted by molar-refractivity contribution is 0.300. The zero-order chi connectivity index (χ0) is 47.3. The lowest BCUT2D eigenvalue weighted by atomic mass is 10.1. The topological polar surface area (TPSA) is 36.9 Å². The van der Waals surface area contributed by atoms with Gasteiger partial charge in [-0.25, -0.2) is 0 Å². The van der Waals surface area contributed by atoms with Crippen molar-refractivity contribution >= 4 is 36.5 Å². The standard InChI is InChI=1S/C36H38O2.C27H36O2/c1-3-12-30-19-21-33(22-20-30)23-24-34-28-35(37-25-10-17-31-13-6-4-7-14-31)29(2)27-36(34)38-26-11-18-32-15-8-5-9-16-32;1-5-7-8-9-10-11-19-29-27-20-22(3)26(28-4)21-25(27)18-17-24-15-13-23(12-6-2)14-16-24/h3-9,12-16,19-24,27-28H,10-11,17-18,25-26H2,1-2H3;6,12-18,20-21H,5,7-11,19H2,1-4H3. The van der Waals surface area contributed by atoms with E-state index in [2.05, 4.69) is 203 Å². The second-order valence-corrected chi connectivity index (χ2v) is 17.0. The minimum Gasteiger partial charge on any atom is -0.496 e. The van der Waals surface area contributed by atoms with Gasteiger partial charge in [-0.1, -0.05) is 197 Å². The number of allylic oxidation sites excluding steroid dienone is 2. The van der Waals surface area contributed by atoms with E-state index in [0.717, 1.165) is 89.5 Å². The Hall–Kier alpha value is -6.52. The van der Waals surface area contributed by atoms with Gasteiger partial charge in [0.25, 0.3) is 0 Å². The van der Waals surface area contributed by atoms with Gasteiger partial charge in [0.2, 0.25) is 0 Å². The molecule has 0 spiro atoms. The second kappa shape index (κ2) is 29.9. The third kappa shape index (κ3) is 18.7. The Morgan fingerprint density at radius 1 is 0.388 bits per heavy atom. The Balaban J connectivity index is 0.000000261. The van der Waals surface area contributed by atoms with E-state index in [1.165, 1.54) is 59.9 Å². The van der Waals surface area contributed by atoms with E-state index in [1.54, 1.807) is 7.11 Å². The van der Waals surface area contributed by atoms with E-state index >= 15 is 0 Å². The average molecular weight is 895 g/mol. The number of aryl methyl sites for hydroxylation is 4. The number of hydrogen-bond acceptors (Lipinski definition) is 4. The molecule has 0 N–H and O–H groups in total. The second-order valence-electron chi connectivity index (χ2n) is 17.0. The van der Waals surface area contributed by atoms with Crippen LogP contribution in [-0.2, 0) is 12.8 Å². The molecule has 0 unspecified atom stereocenters. The molecule has 0 bridgehead atoms. The number of hydrogen-bond donors (Lipinski definition) is 0. The molecule has 6 aromatic carbocycles. The smallest absolute Gasteiger partial charge is 0.127 e. The van der Waals surface area contributed by atoms with Crippen molar-refractivity contribution in [3.63, 3.8) is 0 Å². The molecular weight excluding hydrogens is 821 g/mol. The maximum Gasteiger partial charge on any atom is 0.127 e. The molecule has 6 rings (SSSR count). The first-order chi connectivity index (χ1) is 32.9. The summed E-state index contributed by atoms with van der Waals surface area (Å²) >= 11 is 0. The summed E-state index contributed by atoms with van der Waals surface area (Å²) in [5.74, 6) is 3.63. The number of rotatable bonds is 25. The Morgan fingerprint density at radius 2 is 0.776 bits per heavy atom. The molecule has 0 heterocycles. The highest BCUT2D eigenvalue weighted by Gasteiger charge is 2.10. The quantitative estimate of drug-likeness (QED) is 0.0424. The summed E-state index contributed by atoms with van der Waals surface area (Å²) in [6.45, 7) is 12.6. The molecule has 4 heteroatoms. The first-order valence-electron chi connectivity index (χ1n) is 24.5. The number of ether oxygens (including phenoxy) is 4. The molecule has 0 amide bonds. The lowest BCUT2D eigenvalue weighted by Gasteiger charge is -2.15. The fourth-order valence-corrected chi connectivity index (χ4v) is 7.70. The van der Waals surface area contributed by atoms with Gasteiger partial charge in [-0.05, 0) is 129 Å².